The first kappa shape index (κ1) is 10.9. The molecule has 0 radical (unpaired) electrons. The van der Waals surface area contributed by atoms with Crippen LogP contribution in [0.4, 0.5) is 0 Å². The Bertz CT molecular complexity index is 280. The fourth-order valence-electron chi connectivity index (χ4n) is 1.35. The van der Waals surface area contributed by atoms with Gasteiger partial charge in [-0.05, 0) is 19.8 Å². The maximum Gasteiger partial charge on any atom is 0.162 e. The highest BCUT2D eigenvalue weighted by atomic mass is 16.1. The summed E-state index contributed by atoms with van der Waals surface area (Å²) in [5, 5.41) is 0. The zero-order chi connectivity index (χ0) is 10.4. The Kier molecular flexibility index (Phi) is 4.33. The van der Waals surface area contributed by atoms with E-state index in [-0.39, 0.29) is 11.8 Å². The van der Waals surface area contributed by atoms with Crippen molar-refractivity contribution in [1.82, 2.24) is 0 Å². The molecule has 1 aromatic carbocycles. The fraction of sp³-hybridized carbons (Fsp3) is 0.417. The molecule has 2 nitrogen and oxygen atoms in total. The average molecular weight is 191 g/mol. The summed E-state index contributed by atoms with van der Waals surface area (Å²) < 4.78 is 0. The lowest BCUT2D eigenvalue weighted by molar-refractivity contribution is 0.0979. The third-order valence-electron chi connectivity index (χ3n) is 2.16. The molecule has 0 heterocycles. The molecule has 1 unspecified atom stereocenters. The molecule has 0 spiro atoms. The van der Waals surface area contributed by atoms with Crippen molar-refractivity contribution in [2.75, 3.05) is 0 Å². The average Bonchev–Trinajstić information content (AvgIpc) is 2.18. The van der Waals surface area contributed by atoms with Crippen LogP contribution in [0, 0.1) is 0 Å². The topological polar surface area (TPSA) is 43.1 Å². The zero-order valence-corrected chi connectivity index (χ0v) is 8.57. The molecular weight excluding hydrogens is 174 g/mol. The lowest BCUT2D eigenvalue weighted by Gasteiger charge is -2.03. The predicted octanol–water partition coefficient (Wildman–Crippen LogP) is 2.39. The molecule has 2 heteroatoms. The van der Waals surface area contributed by atoms with Crippen molar-refractivity contribution in [3.8, 4) is 0 Å². The molecule has 0 aromatic heterocycles. The van der Waals surface area contributed by atoms with Gasteiger partial charge in [0.2, 0.25) is 0 Å². The van der Waals surface area contributed by atoms with Gasteiger partial charge in [-0.2, -0.15) is 0 Å². The summed E-state index contributed by atoms with van der Waals surface area (Å²) in [5.74, 6) is 0.214. The van der Waals surface area contributed by atoms with E-state index in [1.165, 1.54) is 0 Å². The highest BCUT2D eigenvalue weighted by molar-refractivity contribution is 5.95. The van der Waals surface area contributed by atoms with Gasteiger partial charge in [0.25, 0.3) is 0 Å². The molecule has 0 aliphatic rings. The van der Waals surface area contributed by atoms with Gasteiger partial charge in [-0.3, -0.25) is 4.79 Å². The molecule has 0 aliphatic heterocycles. The molecule has 2 N–H and O–H groups in total. The number of nitrogens with two attached hydrogens (primary N) is 1. The third-order valence-corrected chi connectivity index (χ3v) is 2.16. The van der Waals surface area contributed by atoms with Crippen LogP contribution in [-0.4, -0.2) is 11.8 Å². The highest BCUT2D eigenvalue weighted by Gasteiger charge is 2.04. The normalized spacial score (nSPS) is 12.4. The van der Waals surface area contributed by atoms with Gasteiger partial charge < -0.3 is 5.73 Å². The van der Waals surface area contributed by atoms with Crippen molar-refractivity contribution >= 4 is 5.78 Å². The van der Waals surface area contributed by atoms with E-state index in [0.29, 0.717) is 6.42 Å². The van der Waals surface area contributed by atoms with Crippen LogP contribution in [0.15, 0.2) is 30.3 Å². The Morgan fingerprint density at radius 2 is 2.00 bits per heavy atom. The molecule has 14 heavy (non-hydrogen) atoms. The monoisotopic (exact) mass is 191 g/mol. The maximum atomic E-state index is 11.6. The number of hydrogen-bond donors (Lipinski definition) is 1. The molecule has 0 aliphatic carbocycles. The number of Topliss-reactive ketones (excluding diaryl/α,β-unsaturated/α-hetero) is 1. The van der Waals surface area contributed by atoms with E-state index < -0.39 is 0 Å². The molecule has 1 aromatic rings. The summed E-state index contributed by atoms with van der Waals surface area (Å²) >= 11 is 0. The van der Waals surface area contributed by atoms with Gasteiger partial charge in [0.05, 0.1) is 0 Å². The number of rotatable bonds is 5. The van der Waals surface area contributed by atoms with Crippen molar-refractivity contribution in [2.45, 2.75) is 32.2 Å². The second-order valence-electron chi connectivity index (χ2n) is 3.66. The summed E-state index contributed by atoms with van der Waals surface area (Å²) in [6.45, 7) is 1.97. The van der Waals surface area contributed by atoms with Crippen molar-refractivity contribution in [2.24, 2.45) is 5.73 Å². The van der Waals surface area contributed by atoms with E-state index in [4.69, 9.17) is 5.73 Å². The SMILES string of the molecule is CC(N)CCCC(=O)c1ccccc1. The first-order chi connectivity index (χ1) is 6.70. The molecule has 76 valence electrons. The molecule has 0 bridgehead atoms. The van der Waals surface area contributed by atoms with Crippen LogP contribution in [0.3, 0.4) is 0 Å². The van der Waals surface area contributed by atoms with Gasteiger partial charge in [-0.15, -0.1) is 0 Å². The Hall–Kier alpha value is -1.15. The summed E-state index contributed by atoms with van der Waals surface area (Å²) in [4.78, 5) is 11.6. The van der Waals surface area contributed by atoms with Gasteiger partial charge in [-0.25, -0.2) is 0 Å². The van der Waals surface area contributed by atoms with Crippen LogP contribution in [-0.2, 0) is 0 Å². The number of benzene rings is 1. The number of ketones is 1. The van der Waals surface area contributed by atoms with Crippen LogP contribution >= 0.6 is 0 Å². The molecule has 0 fully saturated rings. The lowest BCUT2D eigenvalue weighted by Crippen LogP contribution is -2.14. The first-order valence-corrected chi connectivity index (χ1v) is 5.04. The molecule has 1 rings (SSSR count). The Labute approximate surface area is 85.1 Å². The van der Waals surface area contributed by atoms with Gasteiger partial charge in [0.15, 0.2) is 5.78 Å². The van der Waals surface area contributed by atoms with Crippen molar-refractivity contribution in [1.29, 1.82) is 0 Å². The minimum atomic E-state index is 0.193. The quantitative estimate of drug-likeness (QED) is 0.726. The predicted molar refractivity (Wildman–Crippen MR) is 58.3 cm³/mol. The minimum Gasteiger partial charge on any atom is -0.328 e. The first-order valence-electron chi connectivity index (χ1n) is 5.04. The second-order valence-corrected chi connectivity index (χ2v) is 3.66. The second kappa shape index (κ2) is 5.55. The smallest absolute Gasteiger partial charge is 0.162 e. The van der Waals surface area contributed by atoms with Gasteiger partial charge in [0.1, 0.15) is 0 Å². The molecular formula is C12H17NO. The standard InChI is InChI=1S/C12H17NO/c1-10(13)6-5-9-12(14)11-7-3-2-4-8-11/h2-4,7-8,10H,5-6,9,13H2,1H3. The molecule has 0 saturated carbocycles. The van der Waals surface area contributed by atoms with Gasteiger partial charge in [0, 0.05) is 18.0 Å². The zero-order valence-electron chi connectivity index (χ0n) is 8.57. The van der Waals surface area contributed by atoms with Crippen molar-refractivity contribution in [3.05, 3.63) is 35.9 Å². The van der Waals surface area contributed by atoms with Crippen molar-refractivity contribution in [3.63, 3.8) is 0 Å². The van der Waals surface area contributed by atoms with Crippen LogP contribution in [0.5, 0.6) is 0 Å². The van der Waals surface area contributed by atoms with Gasteiger partial charge in [-0.1, -0.05) is 30.3 Å². The molecule has 1 atom stereocenters. The van der Waals surface area contributed by atoms with Crippen LogP contribution < -0.4 is 5.73 Å². The van der Waals surface area contributed by atoms with E-state index >= 15 is 0 Å². The van der Waals surface area contributed by atoms with E-state index in [1.807, 2.05) is 37.3 Å². The van der Waals surface area contributed by atoms with Crippen LogP contribution in [0.1, 0.15) is 36.5 Å². The summed E-state index contributed by atoms with van der Waals surface area (Å²) in [7, 11) is 0. The molecule has 0 saturated heterocycles. The summed E-state index contributed by atoms with van der Waals surface area (Å²) in [6, 6.07) is 9.59. The largest absolute Gasteiger partial charge is 0.328 e. The van der Waals surface area contributed by atoms with Crippen molar-refractivity contribution < 1.29 is 4.79 Å². The number of hydrogen-bond acceptors (Lipinski definition) is 2. The van der Waals surface area contributed by atoms with Gasteiger partial charge >= 0.3 is 0 Å². The van der Waals surface area contributed by atoms with E-state index in [1.54, 1.807) is 0 Å². The minimum absolute atomic E-state index is 0.193. The van der Waals surface area contributed by atoms with E-state index in [9.17, 15) is 4.79 Å². The Morgan fingerprint density at radius 1 is 1.36 bits per heavy atom. The molecule has 0 amide bonds. The number of carbonyl (C=O) groups excluding carboxylic acids is 1. The summed E-state index contributed by atoms with van der Waals surface area (Å²) in [6.07, 6.45) is 2.40. The fourth-order valence-corrected chi connectivity index (χ4v) is 1.35. The maximum absolute atomic E-state index is 11.6. The third kappa shape index (κ3) is 3.71. The van der Waals surface area contributed by atoms with E-state index in [2.05, 4.69) is 0 Å². The van der Waals surface area contributed by atoms with E-state index in [0.717, 1.165) is 18.4 Å². The highest BCUT2D eigenvalue weighted by Crippen LogP contribution is 2.07. The van der Waals surface area contributed by atoms with Crippen LogP contribution in [0.25, 0.3) is 0 Å². The Balaban J connectivity index is 2.36. The Morgan fingerprint density at radius 3 is 2.57 bits per heavy atom. The lowest BCUT2D eigenvalue weighted by atomic mass is 10.0. The number of carbonyl (C=O) groups is 1. The summed E-state index contributed by atoms with van der Waals surface area (Å²) in [5.41, 5.74) is 6.41. The van der Waals surface area contributed by atoms with Crippen LogP contribution in [0.2, 0.25) is 0 Å².